The molecule has 10 nitrogen and oxygen atoms in total. The first kappa shape index (κ1) is 27.2. The maximum Gasteiger partial charge on any atom is 0.229 e. The van der Waals surface area contributed by atoms with Gasteiger partial charge in [0.05, 0.1) is 48.7 Å². The van der Waals surface area contributed by atoms with Gasteiger partial charge in [-0.25, -0.2) is 0 Å². The van der Waals surface area contributed by atoms with E-state index >= 15 is 0 Å². The molecule has 1 aliphatic heterocycles. The predicted molar refractivity (Wildman–Crippen MR) is 148 cm³/mol. The van der Waals surface area contributed by atoms with E-state index in [-0.39, 0.29) is 68.0 Å². The predicted octanol–water partition coefficient (Wildman–Crippen LogP) is 4.49. The van der Waals surface area contributed by atoms with Crippen LogP contribution < -0.4 is 4.74 Å². The van der Waals surface area contributed by atoms with Gasteiger partial charge in [-0.05, 0) is 56.5 Å². The minimum Gasteiger partial charge on any atom is -0.507 e. The third-order valence-corrected chi connectivity index (χ3v) is 8.07. The van der Waals surface area contributed by atoms with Crippen LogP contribution in [0.25, 0.3) is 11.1 Å². The highest BCUT2D eigenvalue weighted by atomic mass is 16.5. The Morgan fingerprint density at radius 1 is 0.762 bits per heavy atom. The summed E-state index contributed by atoms with van der Waals surface area (Å²) in [5.74, 6) is -4.70. The number of benzene rings is 3. The van der Waals surface area contributed by atoms with Crippen LogP contribution >= 0.6 is 0 Å². The lowest BCUT2D eigenvalue weighted by atomic mass is 9.75. The smallest absolute Gasteiger partial charge is 0.229 e. The molecule has 1 heterocycles. The molecule has 0 spiro atoms. The topological polar surface area (TPSA) is 157 Å². The van der Waals surface area contributed by atoms with E-state index in [2.05, 4.69) is 0 Å². The Labute approximate surface area is 239 Å². The SMILES string of the molecule is COC1=CC(=O)c2c(O)c3c(c(-c4c(OC)cc5c(c4O)C(=O)c4c(O)cc(C)cc4C5=O)c2C1=O)C[C@@H](C)O[C@@H]3C. The molecule has 0 fully saturated rings. The summed E-state index contributed by atoms with van der Waals surface area (Å²) in [5.41, 5.74) is -0.225. The Balaban J connectivity index is 1.77. The largest absolute Gasteiger partial charge is 0.507 e. The minimum absolute atomic E-state index is 0.0194. The summed E-state index contributed by atoms with van der Waals surface area (Å²) in [6, 6.07) is 4.12. The molecule has 2 aliphatic carbocycles. The van der Waals surface area contributed by atoms with Crippen molar-refractivity contribution >= 4 is 23.1 Å². The molecular formula is C32H26O10. The number of phenols is 3. The van der Waals surface area contributed by atoms with Gasteiger partial charge in [-0.2, -0.15) is 0 Å². The quantitative estimate of drug-likeness (QED) is 0.321. The van der Waals surface area contributed by atoms with E-state index in [1.54, 1.807) is 20.8 Å². The summed E-state index contributed by atoms with van der Waals surface area (Å²) < 4.78 is 16.8. The van der Waals surface area contributed by atoms with Crippen LogP contribution in [0.5, 0.6) is 23.0 Å². The molecule has 0 bridgehead atoms. The molecule has 10 heteroatoms. The monoisotopic (exact) mass is 570 g/mol. The number of phenolic OH excluding ortho intramolecular Hbond substituents is 3. The lowest BCUT2D eigenvalue weighted by molar-refractivity contribution is -0.00593. The van der Waals surface area contributed by atoms with Crippen molar-refractivity contribution in [2.75, 3.05) is 14.2 Å². The van der Waals surface area contributed by atoms with Crippen LogP contribution in [0.2, 0.25) is 0 Å². The molecule has 0 saturated heterocycles. The van der Waals surface area contributed by atoms with Gasteiger partial charge < -0.3 is 29.5 Å². The number of hydrogen-bond donors (Lipinski definition) is 3. The zero-order chi connectivity index (χ0) is 30.4. The molecule has 3 aromatic carbocycles. The molecule has 0 unspecified atom stereocenters. The van der Waals surface area contributed by atoms with Crippen molar-refractivity contribution in [2.24, 2.45) is 0 Å². The standard InChI is InChI=1S/C32H26O10/c1-11-6-15-22(17(33)7-11)31(38)24-16(28(15)35)9-19(40-4)26(32(24)39)23-14-8-12(2)42-13(3)21(14)30(37)25-18(34)10-20(41-5)29(36)27(23)25/h6-7,9-10,12-13,33,37,39H,8H2,1-5H3/t12-,13-/m1/s1. The molecule has 0 saturated carbocycles. The number of ketones is 4. The lowest BCUT2D eigenvalue weighted by Gasteiger charge is -2.34. The second-order valence-corrected chi connectivity index (χ2v) is 10.7. The second-order valence-electron chi connectivity index (χ2n) is 10.7. The van der Waals surface area contributed by atoms with Crippen molar-refractivity contribution in [1.82, 2.24) is 0 Å². The van der Waals surface area contributed by atoms with Crippen LogP contribution in [0.4, 0.5) is 0 Å². The van der Waals surface area contributed by atoms with Gasteiger partial charge in [0.15, 0.2) is 17.3 Å². The fourth-order valence-electron chi connectivity index (χ4n) is 6.39. The first-order valence-corrected chi connectivity index (χ1v) is 13.2. The number of aromatic hydroxyl groups is 3. The first-order chi connectivity index (χ1) is 19.9. The molecule has 2 atom stereocenters. The summed E-state index contributed by atoms with van der Waals surface area (Å²) in [6.07, 6.45) is 0.0468. The fraction of sp³-hybridized carbons (Fsp3) is 0.250. The molecule has 0 aromatic heterocycles. The van der Waals surface area contributed by atoms with Crippen molar-refractivity contribution in [3.8, 4) is 34.1 Å². The number of allylic oxidation sites excluding steroid dienone is 2. The maximum absolute atomic E-state index is 13.8. The summed E-state index contributed by atoms with van der Waals surface area (Å²) in [4.78, 5) is 54.5. The molecule has 214 valence electrons. The molecule has 6 rings (SSSR count). The highest BCUT2D eigenvalue weighted by Crippen LogP contribution is 2.54. The van der Waals surface area contributed by atoms with Gasteiger partial charge in [-0.15, -0.1) is 0 Å². The van der Waals surface area contributed by atoms with Gasteiger partial charge in [0.2, 0.25) is 11.6 Å². The van der Waals surface area contributed by atoms with Crippen LogP contribution in [-0.4, -0.2) is 58.8 Å². The van der Waals surface area contributed by atoms with Crippen molar-refractivity contribution in [2.45, 2.75) is 39.4 Å². The van der Waals surface area contributed by atoms with Gasteiger partial charge >= 0.3 is 0 Å². The molecule has 0 radical (unpaired) electrons. The Kier molecular flexibility index (Phi) is 6.02. The van der Waals surface area contributed by atoms with E-state index in [0.717, 1.165) is 6.08 Å². The molecule has 0 amide bonds. The number of ether oxygens (including phenoxy) is 3. The number of fused-ring (bicyclic) bond motifs is 4. The van der Waals surface area contributed by atoms with Gasteiger partial charge in [-0.3, -0.25) is 19.2 Å². The van der Waals surface area contributed by atoms with Crippen molar-refractivity contribution in [1.29, 1.82) is 0 Å². The molecule has 3 aliphatic rings. The number of Topliss-reactive ketones (excluding diaryl/α,β-unsaturated/α-hetero) is 1. The molecular weight excluding hydrogens is 544 g/mol. The summed E-state index contributed by atoms with van der Waals surface area (Å²) in [5, 5.41) is 33.8. The number of carbonyl (C=O) groups is 4. The Bertz CT molecular complexity index is 1850. The number of hydrogen-bond acceptors (Lipinski definition) is 10. The normalized spacial score (nSPS) is 19.0. The van der Waals surface area contributed by atoms with Crippen molar-refractivity contribution < 1.29 is 48.7 Å². The van der Waals surface area contributed by atoms with E-state index < -0.39 is 52.6 Å². The van der Waals surface area contributed by atoms with E-state index in [0.29, 0.717) is 11.1 Å². The van der Waals surface area contributed by atoms with E-state index in [1.807, 2.05) is 0 Å². The van der Waals surface area contributed by atoms with Gasteiger partial charge in [-0.1, -0.05) is 0 Å². The fourth-order valence-corrected chi connectivity index (χ4v) is 6.39. The average molecular weight is 571 g/mol. The van der Waals surface area contributed by atoms with Crippen molar-refractivity contribution in [3.05, 3.63) is 80.1 Å². The Morgan fingerprint density at radius 3 is 2.12 bits per heavy atom. The third kappa shape index (κ3) is 3.54. The van der Waals surface area contributed by atoms with Gasteiger partial charge in [0, 0.05) is 33.9 Å². The summed E-state index contributed by atoms with van der Waals surface area (Å²) in [6.45, 7) is 5.14. The Morgan fingerprint density at radius 2 is 1.45 bits per heavy atom. The highest BCUT2D eigenvalue weighted by molar-refractivity contribution is 6.32. The zero-order valence-corrected chi connectivity index (χ0v) is 23.4. The number of rotatable bonds is 3. The van der Waals surface area contributed by atoms with Gasteiger partial charge in [0.25, 0.3) is 0 Å². The van der Waals surface area contributed by atoms with E-state index in [1.165, 1.54) is 32.4 Å². The van der Waals surface area contributed by atoms with E-state index in [4.69, 9.17) is 14.2 Å². The number of carbonyl (C=O) groups excluding carboxylic acids is 4. The van der Waals surface area contributed by atoms with E-state index in [9.17, 15) is 34.5 Å². The maximum atomic E-state index is 13.8. The number of methoxy groups -OCH3 is 2. The summed E-state index contributed by atoms with van der Waals surface area (Å²) in [7, 11) is 2.52. The third-order valence-electron chi connectivity index (χ3n) is 8.07. The number of aryl methyl sites for hydroxylation is 1. The van der Waals surface area contributed by atoms with Crippen LogP contribution in [0.1, 0.15) is 89.2 Å². The van der Waals surface area contributed by atoms with Gasteiger partial charge in [0.1, 0.15) is 23.0 Å². The van der Waals surface area contributed by atoms with Crippen LogP contribution in [0.3, 0.4) is 0 Å². The van der Waals surface area contributed by atoms with Crippen molar-refractivity contribution in [3.63, 3.8) is 0 Å². The first-order valence-electron chi connectivity index (χ1n) is 13.2. The van der Waals surface area contributed by atoms with Crippen LogP contribution in [0.15, 0.2) is 30.0 Å². The molecule has 3 N–H and O–H groups in total. The summed E-state index contributed by atoms with van der Waals surface area (Å²) >= 11 is 0. The molecule has 42 heavy (non-hydrogen) atoms. The second kappa shape index (κ2) is 9.28. The van der Waals surface area contributed by atoms with Crippen LogP contribution in [0, 0.1) is 6.92 Å². The Hall–Kier alpha value is -4.96. The lowest BCUT2D eigenvalue weighted by Crippen LogP contribution is -2.28. The zero-order valence-electron chi connectivity index (χ0n) is 23.4. The van der Waals surface area contributed by atoms with Crippen LogP contribution in [-0.2, 0) is 15.9 Å². The minimum atomic E-state index is -0.801. The highest BCUT2D eigenvalue weighted by Gasteiger charge is 2.43. The molecule has 3 aromatic rings. The average Bonchev–Trinajstić information content (AvgIpc) is 2.92.